The van der Waals surface area contributed by atoms with Gasteiger partial charge in [0.2, 0.25) is 0 Å². The van der Waals surface area contributed by atoms with Gasteiger partial charge >= 0.3 is 0 Å². The van der Waals surface area contributed by atoms with Crippen LogP contribution in [0.3, 0.4) is 0 Å². The largest absolute Gasteiger partial charge is 0.388 e. The van der Waals surface area contributed by atoms with Gasteiger partial charge in [-0.3, -0.25) is 0 Å². The highest BCUT2D eigenvalue weighted by Gasteiger charge is 2.12. The molecule has 1 unspecified atom stereocenters. The van der Waals surface area contributed by atoms with E-state index in [0.29, 0.717) is 11.8 Å². The van der Waals surface area contributed by atoms with Crippen LogP contribution in [0.15, 0.2) is 49.1 Å². The Labute approximate surface area is 100 Å². The molecule has 0 amide bonds. The number of fused-ring (bicyclic) bond motifs is 1. The van der Waals surface area contributed by atoms with E-state index in [4.69, 9.17) is 0 Å². The quantitative estimate of drug-likeness (QED) is 0.788. The minimum Gasteiger partial charge on any atom is -0.388 e. The molecule has 1 nitrogen and oxygen atoms in total. The SMILES string of the molecule is C=CCCC(O)c1ccc(F)c2ccccc12. The molecule has 0 aliphatic rings. The van der Waals surface area contributed by atoms with Crippen molar-refractivity contribution in [3.8, 4) is 0 Å². The monoisotopic (exact) mass is 230 g/mol. The lowest BCUT2D eigenvalue weighted by atomic mass is 9.97. The Bertz CT molecular complexity index is 533. The molecule has 2 aromatic rings. The van der Waals surface area contributed by atoms with Crippen LogP contribution in [0.4, 0.5) is 4.39 Å². The highest BCUT2D eigenvalue weighted by atomic mass is 19.1. The van der Waals surface area contributed by atoms with Crippen molar-refractivity contribution >= 4 is 10.8 Å². The van der Waals surface area contributed by atoms with Gasteiger partial charge in [0, 0.05) is 5.39 Å². The first-order valence-corrected chi connectivity index (χ1v) is 5.70. The number of aliphatic hydroxyl groups is 1. The first kappa shape index (κ1) is 11.8. The zero-order valence-electron chi connectivity index (χ0n) is 9.57. The summed E-state index contributed by atoms with van der Waals surface area (Å²) in [5.74, 6) is -0.250. The van der Waals surface area contributed by atoms with Gasteiger partial charge in [0.1, 0.15) is 5.82 Å². The molecular weight excluding hydrogens is 215 g/mol. The van der Waals surface area contributed by atoms with Crippen LogP contribution in [0.5, 0.6) is 0 Å². The number of hydrogen-bond donors (Lipinski definition) is 1. The van der Waals surface area contributed by atoms with Gasteiger partial charge in [-0.05, 0) is 29.9 Å². The molecule has 2 aromatic carbocycles. The lowest BCUT2D eigenvalue weighted by Crippen LogP contribution is -1.98. The molecule has 0 aliphatic heterocycles. The molecular formula is C15H15FO. The third-order valence-electron chi connectivity index (χ3n) is 2.91. The number of halogens is 1. The fourth-order valence-corrected chi connectivity index (χ4v) is 2.01. The van der Waals surface area contributed by atoms with Crippen LogP contribution < -0.4 is 0 Å². The van der Waals surface area contributed by atoms with Crippen LogP contribution in [-0.2, 0) is 0 Å². The molecule has 0 fully saturated rings. The summed E-state index contributed by atoms with van der Waals surface area (Å²) in [5.41, 5.74) is 0.781. The van der Waals surface area contributed by atoms with Crippen LogP contribution in [0, 0.1) is 5.82 Å². The molecule has 17 heavy (non-hydrogen) atoms. The molecule has 2 heteroatoms. The second kappa shape index (κ2) is 5.11. The van der Waals surface area contributed by atoms with Crippen LogP contribution in [0.25, 0.3) is 10.8 Å². The summed E-state index contributed by atoms with van der Waals surface area (Å²) in [6.07, 6.45) is 2.56. The van der Waals surface area contributed by atoms with Crippen molar-refractivity contribution in [2.75, 3.05) is 0 Å². The first-order valence-electron chi connectivity index (χ1n) is 5.70. The van der Waals surface area contributed by atoms with E-state index in [0.717, 1.165) is 17.4 Å². The van der Waals surface area contributed by atoms with Gasteiger partial charge in [-0.25, -0.2) is 4.39 Å². The highest BCUT2D eigenvalue weighted by molar-refractivity contribution is 5.86. The van der Waals surface area contributed by atoms with Crippen LogP contribution in [0.2, 0.25) is 0 Å². The van der Waals surface area contributed by atoms with Gasteiger partial charge in [0.25, 0.3) is 0 Å². The van der Waals surface area contributed by atoms with E-state index >= 15 is 0 Å². The summed E-state index contributed by atoms with van der Waals surface area (Å²) in [4.78, 5) is 0. The van der Waals surface area contributed by atoms with E-state index < -0.39 is 6.10 Å². The molecule has 0 aliphatic carbocycles. The summed E-state index contributed by atoms with van der Waals surface area (Å²) < 4.78 is 13.6. The Hall–Kier alpha value is -1.67. The third-order valence-corrected chi connectivity index (χ3v) is 2.91. The van der Waals surface area contributed by atoms with Crippen molar-refractivity contribution in [1.82, 2.24) is 0 Å². The maximum absolute atomic E-state index is 13.6. The first-order chi connectivity index (χ1) is 8.24. The van der Waals surface area contributed by atoms with Gasteiger partial charge < -0.3 is 5.11 Å². The van der Waals surface area contributed by atoms with Gasteiger partial charge in [0.05, 0.1) is 6.10 Å². The highest BCUT2D eigenvalue weighted by Crippen LogP contribution is 2.28. The second-order valence-corrected chi connectivity index (χ2v) is 4.06. The molecule has 2 rings (SSSR count). The maximum atomic E-state index is 13.6. The summed E-state index contributed by atoms with van der Waals surface area (Å²) in [5, 5.41) is 11.4. The molecule has 0 saturated heterocycles. The predicted molar refractivity (Wildman–Crippen MR) is 68.3 cm³/mol. The lowest BCUT2D eigenvalue weighted by molar-refractivity contribution is 0.170. The molecule has 1 atom stereocenters. The number of rotatable bonds is 4. The molecule has 0 spiro atoms. The van der Waals surface area contributed by atoms with E-state index in [-0.39, 0.29) is 5.82 Å². The minimum atomic E-state index is -0.571. The lowest BCUT2D eigenvalue weighted by Gasteiger charge is -2.13. The Kier molecular flexibility index (Phi) is 3.55. The number of allylic oxidation sites excluding steroid dienone is 1. The predicted octanol–water partition coefficient (Wildman–Crippen LogP) is 3.98. The summed E-state index contributed by atoms with van der Waals surface area (Å²) in [6, 6.07) is 10.3. The average Bonchev–Trinajstić information content (AvgIpc) is 2.37. The fourth-order valence-electron chi connectivity index (χ4n) is 2.01. The normalized spacial score (nSPS) is 12.6. The zero-order valence-corrected chi connectivity index (χ0v) is 9.57. The number of benzene rings is 2. The molecule has 1 N–H and O–H groups in total. The summed E-state index contributed by atoms with van der Waals surface area (Å²) in [6.45, 7) is 3.63. The minimum absolute atomic E-state index is 0.250. The van der Waals surface area contributed by atoms with Crippen molar-refractivity contribution in [2.45, 2.75) is 18.9 Å². The van der Waals surface area contributed by atoms with Crippen LogP contribution in [0.1, 0.15) is 24.5 Å². The number of hydrogen-bond acceptors (Lipinski definition) is 1. The fraction of sp³-hybridized carbons (Fsp3) is 0.200. The molecule has 0 radical (unpaired) electrons. The van der Waals surface area contributed by atoms with Crippen molar-refractivity contribution in [3.05, 3.63) is 60.4 Å². The maximum Gasteiger partial charge on any atom is 0.131 e. The molecule has 0 saturated carbocycles. The molecule has 88 valence electrons. The Balaban J connectivity index is 2.47. The Morgan fingerprint density at radius 3 is 2.59 bits per heavy atom. The van der Waals surface area contributed by atoms with Crippen molar-refractivity contribution in [1.29, 1.82) is 0 Å². The van der Waals surface area contributed by atoms with Crippen molar-refractivity contribution < 1.29 is 9.50 Å². The zero-order chi connectivity index (χ0) is 12.3. The van der Waals surface area contributed by atoms with E-state index in [1.54, 1.807) is 24.3 Å². The third kappa shape index (κ3) is 2.37. The van der Waals surface area contributed by atoms with E-state index in [9.17, 15) is 9.50 Å². The smallest absolute Gasteiger partial charge is 0.131 e. The van der Waals surface area contributed by atoms with E-state index in [2.05, 4.69) is 6.58 Å². The topological polar surface area (TPSA) is 20.2 Å². The Morgan fingerprint density at radius 1 is 1.18 bits per heavy atom. The van der Waals surface area contributed by atoms with Gasteiger partial charge in [-0.1, -0.05) is 36.4 Å². The standard InChI is InChI=1S/C15H15FO/c1-2-3-8-15(17)13-9-10-14(16)12-7-5-4-6-11(12)13/h2,4-7,9-10,15,17H,1,3,8H2. The van der Waals surface area contributed by atoms with E-state index in [1.807, 2.05) is 12.1 Å². The second-order valence-electron chi connectivity index (χ2n) is 4.06. The number of aliphatic hydroxyl groups excluding tert-OH is 1. The summed E-state index contributed by atoms with van der Waals surface area (Å²) in [7, 11) is 0. The Morgan fingerprint density at radius 2 is 1.88 bits per heavy atom. The van der Waals surface area contributed by atoms with Gasteiger partial charge in [-0.15, -0.1) is 6.58 Å². The molecule has 0 aromatic heterocycles. The summed E-state index contributed by atoms with van der Waals surface area (Å²) >= 11 is 0. The molecule has 0 heterocycles. The van der Waals surface area contributed by atoms with Crippen molar-refractivity contribution in [3.63, 3.8) is 0 Å². The average molecular weight is 230 g/mol. The van der Waals surface area contributed by atoms with Gasteiger partial charge in [0.15, 0.2) is 0 Å². The van der Waals surface area contributed by atoms with Crippen LogP contribution >= 0.6 is 0 Å². The molecule has 0 bridgehead atoms. The van der Waals surface area contributed by atoms with Crippen LogP contribution in [-0.4, -0.2) is 5.11 Å². The van der Waals surface area contributed by atoms with Crippen molar-refractivity contribution in [2.24, 2.45) is 0 Å². The van der Waals surface area contributed by atoms with Gasteiger partial charge in [-0.2, -0.15) is 0 Å². The van der Waals surface area contributed by atoms with E-state index in [1.165, 1.54) is 6.07 Å².